The van der Waals surface area contributed by atoms with E-state index in [1.165, 1.54) is 12.1 Å². The van der Waals surface area contributed by atoms with Gasteiger partial charge in [-0.2, -0.15) is 5.10 Å². The van der Waals surface area contributed by atoms with Crippen molar-refractivity contribution in [2.45, 2.75) is 24.3 Å². The van der Waals surface area contributed by atoms with Crippen LogP contribution in [0.5, 0.6) is 0 Å². The molecule has 0 saturated heterocycles. The number of furan rings is 1. The fourth-order valence-corrected chi connectivity index (χ4v) is 3.17. The maximum Gasteiger partial charge on any atom is 0.230 e. The molecule has 0 aliphatic heterocycles. The predicted molar refractivity (Wildman–Crippen MR) is 89.4 cm³/mol. The number of nitrogens with one attached hydrogen (secondary N) is 1. The van der Waals surface area contributed by atoms with Crippen LogP contribution < -0.4 is 5.32 Å². The lowest BCUT2D eigenvalue weighted by Gasteiger charge is -2.20. The van der Waals surface area contributed by atoms with Crippen molar-refractivity contribution in [3.63, 3.8) is 0 Å². The Balaban J connectivity index is 1.50. The minimum absolute atomic E-state index is 0.0391. The van der Waals surface area contributed by atoms with Crippen molar-refractivity contribution < 1.29 is 13.6 Å². The summed E-state index contributed by atoms with van der Waals surface area (Å²) in [5.74, 6) is 0.398. The van der Waals surface area contributed by atoms with Gasteiger partial charge in [-0.1, -0.05) is 12.1 Å². The van der Waals surface area contributed by atoms with Crippen LogP contribution in [0.15, 0.2) is 65.5 Å². The molecule has 1 fully saturated rings. The first kappa shape index (κ1) is 15.6. The van der Waals surface area contributed by atoms with E-state index in [1.807, 2.05) is 24.4 Å². The maximum atomic E-state index is 13.1. The normalized spacial score (nSPS) is 16.4. The van der Waals surface area contributed by atoms with Crippen LogP contribution in [-0.2, 0) is 10.2 Å². The lowest BCUT2D eigenvalue weighted by molar-refractivity contribution is -0.123. The highest BCUT2D eigenvalue weighted by Gasteiger charge is 2.51. The van der Waals surface area contributed by atoms with Crippen molar-refractivity contribution in [3.8, 4) is 0 Å². The molecule has 128 valence electrons. The molecule has 1 aliphatic carbocycles. The van der Waals surface area contributed by atoms with Gasteiger partial charge in [-0.25, -0.2) is 4.39 Å². The van der Waals surface area contributed by atoms with Crippen molar-refractivity contribution in [2.75, 3.05) is 6.54 Å². The monoisotopic (exact) mass is 339 g/mol. The number of carbonyl (C=O) groups excluding carboxylic acids is 1. The van der Waals surface area contributed by atoms with Crippen LogP contribution in [0.25, 0.3) is 0 Å². The quantitative estimate of drug-likeness (QED) is 0.751. The van der Waals surface area contributed by atoms with Gasteiger partial charge in [0, 0.05) is 18.9 Å². The van der Waals surface area contributed by atoms with Crippen LogP contribution in [0.2, 0.25) is 0 Å². The van der Waals surface area contributed by atoms with Crippen LogP contribution in [0.1, 0.15) is 30.2 Å². The Morgan fingerprint density at radius 2 is 2.08 bits per heavy atom. The second-order valence-electron chi connectivity index (χ2n) is 6.32. The number of hydrogen-bond acceptors (Lipinski definition) is 3. The third kappa shape index (κ3) is 2.95. The Labute approximate surface area is 144 Å². The van der Waals surface area contributed by atoms with Crippen LogP contribution in [0.4, 0.5) is 4.39 Å². The third-order valence-electron chi connectivity index (χ3n) is 4.75. The van der Waals surface area contributed by atoms with Gasteiger partial charge in [0.25, 0.3) is 0 Å². The summed E-state index contributed by atoms with van der Waals surface area (Å²) in [5, 5.41) is 7.28. The topological polar surface area (TPSA) is 60.1 Å². The highest BCUT2D eigenvalue weighted by molar-refractivity contribution is 5.91. The number of aromatic nitrogens is 2. The first-order valence-electron chi connectivity index (χ1n) is 8.26. The van der Waals surface area contributed by atoms with Gasteiger partial charge >= 0.3 is 0 Å². The summed E-state index contributed by atoms with van der Waals surface area (Å²) in [6.45, 7) is 0.372. The Morgan fingerprint density at radius 3 is 2.68 bits per heavy atom. The molecule has 5 nitrogen and oxygen atoms in total. The number of halogens is 1. The smallest absolute Gasteiger partial charge is 0.230 e. The SMILES string of the molecule is O=C(NCC(c1ccco1)n1cccn1)C1(c2ccc(F)cc2)CC1. The molecule has 3 aromatic rings. The van der Waals surface area contributed by atoms with E-state index < -0.39 is 5.41 Å². The van der Waals surface area contributed by atoms with E-state index in [0.717, 1.165) is 24.2 Å². The molecular weight excluding hydrogens is 321 g/mol. The molecule has 2 aromatic heterocycles. The van der Waals surface area contributed by atoms with E-state index in [4.69, 9.17) is 4.42 Å². The van der Waals surface area contributed by atoms with Crippen LogP contribution in [0.3, 0.4) is 0 Å². The van der Waals surface area contributed by atoms with Crippen molar-refractivity contribution >= 4 is 5.91 Å². The zero-order valence-corrected chi connectivity index (χ0v) is 13.6. The first-order chi connectivity index (χ1) is 12.2. The molecule has 1 atom stereocenters. The third-order valence-corrected chi connectivity index (χ3v) is 4.75. The lowest BCUT2D eigenvalue weighted by atomic mass is 9.95. The highest BCUT2D eigenvalue weighted by Crippen LogP contribution is 2.48. The molecule has 1 aromatic carbocycles. The fourth-order valence-electron chi connectivity index (χ4n) is 3.17. The zero-order valence-electron chi connectivity index (χ0n) is 13.6. The average Bonchev–Trinajstić information content (AvgIpc) is 3.02. The number of carbonyl (C=O) groups is 1. The molecule has 0 spiro atoms. The number of benzene rings is 1. The predicted octanol–water partition coefficient (Wildman–Crippen LogP) is 3.05. The minimum Gasteiger partial charge on any atom is -0.467 e. The molecule has 0 radical (unpaired) electrons. The van der Waals surface area contributed by atoms with E-state index in [9.17, 15) is 9.18 Å². The molecule has 1 unspecified atom stereocenters. The van der Waals surface area contributed by atoms with Crippen molar-refractivity contribution in [1.82, 2.24) is 15.1 Å². The molecule has 1 N–H and O–H groups in total. The molecule has 1 saturated carbocycles. The van der Waals surface area contributed by atoms with E-state index in [0.29, 0.717) is 6.54 Å². The van der Waals surface area contributed by atoms with E-state index >= 15 is 0 Å². The summed E-state index contributed by atoms with van der Waals surface area (Å²) in [6, 6.07) is 11.5. The molecule has 25 heavy (non-hydrogen) atoms. The zero-order chi connectivity index (χ0) is 17.3. The van der Waals surface area contributed by atoms with Crippen molar-refractivity contribution in [3.05, 3.63) is 78.3 Å². The standard InChI is InChI=1S/C19H18FN3O2/c20-15-6-4-14(5-7-15)19(8-9-19)18(24)21-13-16(17-3-1-12-25-17)23-11-2-10-22-23/h1-7,10-12,16H,8-9,13H2,(H,21,24). The molecule has 1 aliphatic rings. The van der Waals surface area contributed by atoms with E-state index in [2.05, 4.69) is 10.4 Å². The second kappa shape index (κ2) is 6.20. The first-order valence-corrected chi connectivity index (χ1v) is 8.26. The van der Waals surface area contributed by atoms with E-state index in [1.54, 1.807) is 29.3 Å². The number of rotatable bonds is 6. The highest BCUT2D eigenvalue weighted by atomic mass is 19.1. The Bertz CT molecular complexity index is 803. The van der Waals surface area contributed by atoms with Gasteiger partial charge in [0.2, 0.25) is 5.91 Å². The fraction of sp³-hybridized carbons (Fsp3) is 0.263. The molecule has 2 heterocycles. The van der Waals surface area contributed by atoms with Gasteiger partial charge in [0.1, 0.15) is 17.6 Å². The molecular formula is C19H18FN3O2. The van der Waals surface area contributed by atoms with Gasteiger partial charge in [-0.15, -0.1) is 0 Å². The number of hydrogen-bond donors (Lipinski definition) is 1. The minimum atomic E-state index is -0.536. The van der Waals surface area contributed by atoms with Gasteiger partial charge < -0.3 is 9.73 Å². The molecule has 6 heteroatoms. The number of nitrogens with zero attached hydrogens (tertiary/aromatic N) is 2. The van der Waals surface area contributed by atoms with Crippen LogP contribution in [-0.4, -0.2) is 22.2 Å². The van der Waals surface area contributed by atoms with Gasteiger partial charge in [-0.05, 0) is 48.7 Å². The van der Waals surface area contributed by atoms with Crippen molar-refractivity contribution in [2.24, 2.45) is 0 Å². The van der Waals surface area contributed by atoms with E-state index in [-0.39, 0.29) is 17.8 Å². The summed E-state index contributed by atoms with van der Waals surface area (Å²) in [6.07, 6.45) is 6.69. The maximum absolute atomic E-state index is 13.1. The summed E-state index contributed by atoms with van der Waals surface area (Å²) in [7, 11) is 0. The average molecular weight is 339 g/mol. The molecule has 1 amide bonds. The Morgan fingerprint density at radius 1 is 1.28 bits per heavy atom. The summed E-state index contributed by atoms with van der Waals surface area (Å²) in [5.41, 5.74) is 0.325. The lowest BCUT2D eigenvalue weighted by Crippen LogP contribution is -2.38. The van der Waals surface area contributed by atoms with Gasteiger partial charge in [0.05, 0.1) is 11.7 Å². The summed E-state index contributed by atoms with van der Waals surface area (Å²) < 4.78 is 20.4. The Kier molecular flexibility index (Phi) is 3.87. The van der Waals surface area contributed by atoms with Crippen LogP contribution in [0, 0.1) is 5.82 Å². The van der Waals surface area contributed by atoms with Crippen LogP contribution >= 0.6 is 0 Å². The summed E-state index contributed by atoms with van der Waals surface area (Å²) >= 11 is 0. The molecule has 4 rings (SSSR count). The van der Waals surface area contributed by atoms with Gasteiger partial charge in [0.15, 0.2) is 0 Å². The number of amides is 1. The van der Waals surface area contributed by atoms with Crippen molar-refractivity contribution in [1.29, 1.82) is 0 Å². The Hall–Kier alpha value is -2.89. The second-order valence-corrected chi connectivity index (χ2v) is 6.32. The molecule has 0 bridgehead atoms. The summed E-state index contributed by atoms with van der Waals surface area (Å²) in [4.78, 5) is 12.8. The van der Waals surface area contributed by atoms with Gasteiger partial charge in [-0.3, -0.25) is 9.48 Å². The largest absolute Gasteiger partial charge is 0.467 e.